The zero-order chi connectivity index (χ0) is 9.90. The van der Waals surface area contributed by atoms with Crippen molar-refractivity contribution in [2.75, 3.05) is 19.7 Å². The first kappa shape index (κ1) is 10.9. The lowest BCUT2D eigenvalue weighted by Gasteiger charge is -2.31. The van der Waals surface area contributed by atoms with E-state index in [0.717, 1.165) is 6.42 Å². The number of aliphatic hydroxyl groups excluding tert-OH is 1. The van der Waals surface area contributed by atoms with Gasteiger partial charge in [0.2, 0.25) is 10.0 Å². The van der Waals surface area contributed by atoms with Gasteiger partial charge >= 0.3 is 0 Å². The molecule has 1 saturated heterocycles. The van der Waals surface area contributed by atoms with E-state index in [2.05, 4.69) is 0 Å². The maximum atomic E-state index is 11.7. The van der Waals surface area contributed by atoms with Gasteiger partial charge in [-0.2, -0.15) is 0 Å². The molecule has 0 saturated carbocycles. The van der Waals surface area contributed by atoms with Crippen LogP contribution in [-0.2, 0) is 10.0 Å². The largest absolute Gasteiger partial charge is 0.396 e. The Balaban J connectivity index is 2.75. The van der Waals surface area contributed by atoms with E-state index in [-0.39, 0.29) is 11.9 Å². The third-order valence-corrected chi connectivity index (χ3v) is 4.99. The molecule has 78 valence electrons. The van der Waals surface area contributed by atoms with E-state index >= 15 is 0 Å². The molecule has 1 rings (SSSR count). The van der Waals surface area contributed by atoms with E-state index in [1.165, 1.54) is 4.31 Å². The van der Waals surface area contributed by atoms with Crippen LogP contribution >= 0.6 is 0 Å². The minimum Gasteiger partial charge on any atom is -0.396 e. The second-order valence-corrected chi connectivity index (χ2v) is 5.53. The molecule has 1 aliphatic heterocycles. The zero-order valence-electron chi connectivity index (χ0n) is 7.94. The van der Waals surface area contributed by atoms with Crippen LogP contribution < -0.4 is 0 Å². The van der Waals surface area contributed by atoms with E-state index in [0.29, 0.717) is 25.9 Å². The van der Waals surface area contributed by atoms with Gasteiger partial charge in [0, 0.05) is 19.7 Å². The summed E-state index contributed by atoms with van der Waals surface area (Å²) >= 11 is 0. The van der Waals surface area contributed by atoms with Crippen molar-refractivity contribution in [2.45, 2.75) is 31.4 Å². The predicted molar refractivity (Wildman–Crippen MR) is 50.9 cm³/mol. The molecule has 0 aliphatic carbocycles. The number of hydrogen-bond donors (Lipinski definition) is 1. The molecule has 0 bridgehead atoms. The van der Waals surface area contributed by atoms with Crippen molar-refractivity contribution >= 4 is 10.0 Å². The van der Waals surface area contributed by atoms with Gasteiger partial charge < -0.3 is 5.11 Å². The summed E-state index contributed by atoms with van der Waals surface area (Å²) in [5.41, 5.74) is 0. The van der Waals surface area contributed by atoms with E-state index in [4.69, 9.17) is 5.11 Å². The maximum Gasteiger partial charge on any atom is 0.217 e. The highest BCUT2D eigenvalue weighted by Gasteiger charge is 2.33. The van der Waals surface area contributed by atoms with Crippen LogP contribution in [0.15, 0.2) is 0 Å². The van der Waals surface area contributed by atoms with E-state index in [1.54, 1.807) is 0 Å². The molecule has 1 fully saturated rings. The molecule has 0 aromatic rings. The first-order chi connectivity index (χ1) is 6.12. The van der Waals surface area contributed by atoms with Crippen molar-refractivity contribution in [3.8, 4) is 0 Å². The molecule has 0 radical (unpaired) electrons. The smallest absolute Gasteiger partial charge is 0.217 e. The van der Waals surface area contributed by atoms with Gasteiger partial charge in [0.1, 0.15) is 0 Å². The number of nitrogens with zero attached hydrogens (tertiary/aromatic N) is 1. The van der Waals surface area contributed by atoms with Gasteiger partial charge in [-0.3, -0.25) is 0 Å². The lowest BCUT2D eigenvalue weighted by molar-refractivity contribution is 0.273. The highest BCUT2D eigenvalue weighted by molar-refractivity contribution is 7.89. The second-order valence-electron chi connectivity index (χ2n) is 3.31. The van der Waals surface area contributed by atoms with Gasteiger partial charge in [0.05, 0.1) is 5.25 Å². The third kappa shape index (κ3) is 2.21. The monoisotopic (exact) mass is 207 g/mol. The average Bonchev–Trinajstić information content (AvgIpc) is 2.08. The van der Waals surface area contributed by atoms with Crippen molar-refractivity contribution in [3.05, 3.63) is 0 Å². The van der Waals surface area contributed by atoms with Crippen LogP contribution in [0.25, 0.3) is 0 Å². The van der Waals surface area contributed by atoms with Crippen molar-refractivity contribution in [2.24, 2.45) is 0 Å². The van der Waals surface area contributed by atoms with Crippen molar-refractivity contribution in [1.29, 1.82) is 0 Å². The van der Waals surface area contributed by atoms with Crippen LogP contribution in [0.5, 0.6) is 0 Å². The molecule has 1 N–H and O–H groups in total. The quantitative estimate of drug-likeness (QED) is 0.718. The SMILES string of the molecule is CCN1CCCC(CCO)S1(=O)=O. The van der Waals surface area contributed by atoms with Crippen LogP contribution in [0.1, 0.15) is 26.2 Å². The Bertz CT molecular complexity index is 248. The molecule has 0 aromatic carbocycles. The van der Waals surface area contributed by atoms with Gasteiger partial charge in [0.15, 0.2) is 0 Å². The first-order valence-electron chi connectivity index (χ1n) is 4.72. The summed E-state index contributed by atoms with van der Waals surface area (Å²) in [6.45, 7) is 2.99. The van der Waals surface area contributed by atoms with Gasteiger partial charge in [-0.05, 0) is 19.3 Å². The average molecular weight is 207 g/mol. The van der Waals surface area contributed by atoms with E-state index in [9.17, 15) is 8.42 Å². The molecule has 1 aliphatic rings. The van der Waals surface area contributed by atoms with Gasteiger partial charge in [-0.1, -0.05) is 6.92 Å². The van der Waals surface area contributed by atoms with E-state index < -0.39 is 10.0 Å². The molecular formula is C8H17NO3S. The molecule has 1 atom stereocenters. The molecule has 1 heterocycles. The minimum absolute atomic E-state index is 0.0402. The minimum atomic E-state index is -3.10. The molecule has 0 amide bonds. The van der Waals surface area contributed by atoms with Crippen LogP contribution in [-0.4, -0.2) is 42.8 Å². The number of hydrogen-bond acceptors (Lipinski definition) is 3. The summed E-state index contributed by atoms with van der Waals surface area (Å²) in [5.74, 6) is 0. The standard InChI is InChI=1S/C8H17NO3S/c1-2-9-6-3-4-8(5-7-10)13(9,11)12/h8,10H,2-7H2,1H3. The van der Waals surface area contributed by atoms with Crippen molar-refractivity contribution in [1.82, 2.24) is 4.31 Å². The first-order valence-corrected chi connectivity index (χ1v) is 6.23. The maximum absolute atomic E-state index is 11.7. The summed E-state index contributed by atoms with van der Waals surface area (Å²) in [7, 11) is -3.10. The zero-order valence-corrected chi connectivity index (χ0v) is 8.76. The number of aliphatic hydroxyl groups is 1. The second kappa shape index (κ2) is 4.39. The topological polar surface area (TPSA) is 57.6 Å². The van der Waals surface area contributed by atoms with Gasteiger partial charge in [-0.25, -0.2) is 12.7 Å². The lowest BCUT2D eigenvalue weighted by atomic mass is 10.2. The molecule has 1 unspecified atom stereocenters. The van der Waals surface area contributed by atoms with Crippen LogP contribution in [0.4, 0.5) is 0 Å². The fourth-order valence-corrected chi connectivity index (χ4v) is 3.79. The fourth-order valence-electron chi connectivity index (χ4n) is 1.76. The third-order valence-electron chi connectivity index (χ3n) is 2.52. The fraction of sp³-hybridized carbons (Fsp3) is 1.00. The van der Waals surface area contributed by atoms with Crippen molar-refractivity contribution in [3.63, 3.8) is 0 Å². The van der Waals surface area contributed by atoms with Gasteiger partial charge in [0.25, 0.3) is 0 Å². The number of sulfonamides is 1. The molecule has 5 heteroatoms. The van der Waals surface area contributed by atoms with Crippen LogP contribution in [0.2, 0.25) is 0 Å². The lowest BCUT2D eigenvalue weighted by Crippen LogP contribution is -2.43. The van der Waals surface area contributed by atoms with Crippen molar-refractivity contribution < 1.29 is 13.5 Å². The van der Waals surface area contributed by atoms with Gasteiger partial charge in [-0.15, -0.1) is 0 Å². The Labute approximate surface area is 79.6 Å². The highest BCUT2D eigenvalue weighted by atomic mass is 32.2. The molecule has 0 aromatic heterocycles. The van der Waals surface area contributed by atoms with Crippen LogP contribution in [0.3, 0.4) is 0 Å². The Morgan fingerprint density at radius 3 is 2.77 bits per heavy atom. The molecule has 0 spiro atoms. The summed E-state index contributed by atoms with van der Waals surface area (Å²) in [4.78, 5) is 0. The molecular weight excluding hydrogens is 190 g/mol. The highest BCUT2D eigenvalue weighted by Crippen LogP contribution is 2.22. The Kier molecular flexibility index (Phi) is 3.70. The summed E-state index contributed by atoms with van der Waals surface area (Å²) in [6.07, 6.45) is 1.98. The Morgan fingerprint density at radius 1 is 1.54 bits per heavy atom. The van der Waals surface area contributed by atoms with E-state index in [1.807, 2.05) is 6.92 Å². The summed E-state index contributed by atoms with van der Waals surface area (Å²) in [6, 6.07) is 0. The van der Waals surface area contributed by atoms with Crippen LogP contribution in [0, 0.1) is 0 Å². The number of rotatable bonds is 3. The predicted octanol–water partition coefficient (Wildman–Crippen LogP) is 0.183. The Hall–Kier alpha value is -0.130. The molecule has 4 nitrogen and oxygen atoms in total. The Morgan fingerprint density at radius 2 is 2.23 bits per heavy atom. The summed E-state index contributed by atoms with van der Waals surface area (Å²) < 4.78 is 25.0. The normalized spacial score (nSPS) is 28.9. The molecule has 13 heavy (non-hydrogen) atoms. The summed E-state index contributed by atoms with van der Waals surface area (Å²) in [5, 5.41) is 8.37.